The average molecular weight is 473 g/mol. The second-order valence-electron chi connectivity index (χ2n) is 6.77. The first-order valence-corrected chi connectivity index (χ1v) is 10.9. The zero-order chi connectivity index (χ0) is 22.7. The Morgan fingerprint density at radius 3 is 2.72 bits per heavy atom. The molecule has 32 heavy (non-hydrogen) atoms. The molecule has 166 valence electrons. The van der Waals surface area contributed by atoms with E-state index in [1.807, 2.05) is 12.1 Å². The van der Waals surface area contributed by atoms with Gasteiger partial charge in [-0.3, -0.25) is 14.5 Å². The van der Waals surface area contributed by atoms with Crippen molar-refractivity contribution in [2.75, 3.05) is 34.1 Å². The number of fused-ring (bicyclic) bond motifs is 1. The Hall–Kier alpha value is -3.24. The Morgan fingerprint density at radius 2 is 1.94 bits per heavy atom. The van der Waals surface area contributed by atoms with Gasteiger partial charge in [-0.1, -0.05) is 30.0 Å². The summed E-state index contributed by atoms with van der Waals surface area (Å²) in [4.78, 5) is 27.3. The number of hydrogen-bond donors (Lipinski definition) is 1. The van der Waals surface area contributed by atoms with Crippen molar-refractivity contribution < 1.29 is 28.5 Å². The summed E-state index contributed by atoms with van der Waals surface area (Å²) < 4.78 is 21.5. The van der Waals surface area contributed by atoms with Crippen molar-refractivity contribution in [1.29, 1.82) is 0 Å². The molecule has 1 fully saturated rings. The molecular formula is C22H20N2O6S2. The van der Waals surface area contributed by atoms with E-state index in [0.29, 0.717) is 37.8 Å². The second-order valence-corrected chi connectivity index (χ2v) is 8.45. The summed E-state index contributed by atoms with van der Waals surface area (Å²) in [7, 11) is 3.03. The number of thioether (sulfide) groups is 1. The molecule has 0 unspecified atom stereocenters. The third-order valence-electron chi connectivity index (χ3n) is 4.83. The lowest BCUT2D eigenvalue weighted by Crippen LogP contribution is -2.37. The largest absolute Gasteiger partial charge is 0.493 e. The summed E-state index contributed by atoms with van der Waals surface area (Å²) in [5, 5.41) is 2.80. The van der Waals surface area contributed by atoms with E-state index in [1.165, 1.54) is 30.9 Å². The SMILES string of the molecule is COc1ccc(C(=O)NCCN2C(=O)/C(=C\c3ccc4c(c3)OCO4)SC2=S)cc1OC. The number of benzene rings is 2. The van der Waals surface area contributed by atoms with E-state index in [2.05, 4.69) is 5.32 Å². The van der Waals surface area contributed by atoms with Crippen LogP contribution < -0.4 is 24.3 Å². The predicted octanol–water partition coefficient (Wildman–Crippen LogP) is 3.06. The molecule has 2 aliphatic heterocycles. The number of carbonyl (C=O) groups excluding carboxylic acids is 2. The maximum atomic E-state index is 12.8. The van der Waals surface area contributed by atoms with Gasteiger partial charge in [-0.15, -0.1) is 0 Å². The molecule has 0 aliphatic carbocycles. The number of rotatable bonds is 7. The summed E-state index contributed by atoms with van der Waals surface area (Å²) in [5.41, 5.74) is 1.24. The first-order valence-electron chi connectivity index (χ1n) is 9.65. The van der Waals surface area contributed by atoms with E-state index >= 15 is 0 Å². The van der Waals surface area contributed by atoms with E-state index in [-0.39, 0.29) is 31.7 Å². The van der Waals surface area contributed by atoms with E-state index in [9.17, 15) is 9.59 Å². The fourth-order valence-electron chi connectivity index (χ4n) is 3.21. The Kier molecular flexibility index (Phi) is 6.52. The highest BCUT2D eigenvalue weighted by Gasteiger charge is 2.31. The van der Waals surface area contributed by atoms with Gasteiger partial charge in [0.05, 0.1) is 19.1 Å². The van der Waals surface area contributed by atoms with Crippen molar-refractivity contribution in [2.24, 2.45) is 0 Å². The molecule has 0 saturated carbocycles. The highest BCUT2D eigenvalue weighted by molar-refractivity contribution is 8.26. The van der Waals surface area contributed by atoms with Gasteiger partial charge in [0.1, 0.15) is 4.32 Å². The van der Waals surface area contributed by atoms with Crippen LogP contribution in [0.4, 0.5) is 0 Å². The molecule has 0 bridgehead atoms. The van der Waals surface area contributed by atoms with Crippen molar-refractivity contribution in [2.45, 2.75) is 0 Å². The molecule has 0 aromatic heterocycles. The fraction of sp³-hybridized carbons (Fsp3) is 0.227. The van der Waals surface area contributed by atoms with Crippen LogP contribution in [0.3, 0.4) is 0 Å². The first-order chi connectivity index (χ1) is 15.5. The van der Waals surface area contributed by atoms with Gasteiger partial charge in [0, 0.05) is 18.7 Å². The lowest BCUT2D eigenvalue weighted by atomic mass is 10.2. The fourth-order valence-corrected chi connectivity index (χ4v) is 4.52. The first kappa shape index (κ1) is 22.0. The van der Waals surface area contributed by atoms with Crippen LogP contribution in [0, 0.1) is 0 Å². The monoisotopic (exact) mass is 472 g/mol. The Balaban J connectivity index is 1.36. The van der Waals surface area contributed by atoms with Gasteiger partial charge >= 0.3 is 0 Å². The number of nitrogens with zero attached hydrogens (tertiary/aromatic N) is 1. The molecule has 4 rings (SSSR count). The molecule has 0 radical (unpaired) electrons. The van der Waals surface area contributed by atoms with Crippen molar-refractivity contribution >= 4 is 46.2 Å². The Labute approximate surface area is 194 Å². The molecule has 0 spiro atoms. The highest BCUT2D eigenvalue weighted by atomic mass is 32.2. The molecule has 8 nitrogen and oxygen atoms in total. The summed E-state index contributed by atoms with van der Waals surface area (Å²) in [6.45, 7) is 0.703. The summed E-state index contributed by atoms with van der Waals surface area (Å²) in [5.74, 6) is 1.85. The van der Waals surface area contributed by atoms with Crippen LogP contribution in [0.2, 0.25) is 0 Å². The van der Waals surface area contributed by atoms with Gasteiger partial charge in [0.25, 0.3) is 11.8 Å². The summed E-state index contributed by atoms with van der Waals surface area (Å²) >= 11 is 6.59. The minimum absolute atomic E-state index is 0.190. The number of amides is 2. The topological polar surface area (TPSA) is 86.3 Å². The van der Waals surface area contributed by atoms with E-state index in [0.717, 1.165) is 5.56 Å². The third-order valence-corrected chi connectivity index (χ3v) is 6.21. The van der Waals surface area contributed by atoms with Crippen LogP contribution in [-0.2, 0) is 4.79 Å². The number of hydrogen-bond acceptors (Lipinski definition) is 8. The van der Waals surface area contributed by atoms with E-state index in [4.69, 9.17) is 31.2 Å². The normalized spacial score (nSPS) is 15.9. The van der Waals surface area contributed by atoms with Gasteiger partial charge in [0.2, 0.25) is 6.79 Å². The molecule has 2 aromatic rings. The maximum Gasteiger partial charge on any atom is 0.266 e. The van der Waals surface area contributed by atoms with E-state index in [1.54, 1.807) is 30.3 Å². The second kappa shape index (κ2) is 9.49. The molecule has 2 amide bonds. The molecule has 0 atom stereocenters. The van der Waals surface area contributed by atoms with Gasteiger partial charge in [-0.25, -0.2) is 0 Å². The van der Waals surface area contributed by atoms with E-state index < -0.39 is 0 Å². The highest BCUT2D eigenvalue weighted by Crippen LogP contribution is 2.36. The molecule has 2 aliphatic rings. The number of methoxy groups -OCH3 is 2. The van der Waals surface area contributed by atoms with Crippen LogP contribution in [-0.4, -0.2) is 55.1 Å². The van der Waals surface area contributed by atoms with Crippen molar-refractivity contribution in [1.82, 2.24) is 10.2 Å². The quantitative estimate of drug-likeness (QED) is 0.486. The minimum atomic E-state index is -0.285. The number of thiocarbonyl (C=S) groups is 1. The summed E-state index contributed by atoms with van der Waals surface area (Å²) in [6.07, 6.45) is 1.77. The minimum Gasteiger partial charge on any atom is -0.493 e. The van der Waals surface area contributed by atoms with Crippen molar-refractivity contribution in [3.8, 4) is 23.0 Å². The Morgan fingerprint density at radius 1 is 1.16 bits per heavy atom. The van der Waals surface area contributed by atoms with Gasteiger partial charge in [0.15, 0.2) is 23.0 Å². The third kappa shape index (κ3) is 4.51. The average Bonchev–Trinajstić information content (AvgIpc) is 3.37. The van der Waals surface area contributed by atoms with Crippen LogP contribution in [0.15, 0.2) is 41.3 Å². The zero-order valence-electron chi connectivity index (χ0n) is 17.4. The van der Waals surface area contributed by atoms with Crippen molar-refractivity contribution in [3.63, 3.8) is 0 Å². The van der Waals surface area contributed by atoms with Gasteiger partial charge in [-0.05, 0) is 42.0 Å². The van der Waals surface area contributed by atoms with Crippen LogP contribution >= 0.6 is 24.0 Å². The molecule has 1 saturated heterocycles. The Bertz CT molecular complexity index is 1120. The molecule has 2 aromatic carbocycles. The molecule has 2 heterocycles. The lowest BCUT2D eigenvalue weighted by molar-refractivity contribution is -0.122. The zero-order valence-corrected chi connectivity index (χ0v) is 19.0. The smallest absolute Gasteiger partial charge is 0.266 e. The molecule has 10 heteroatoms. The van der Waals surface area contributed by atoms with Gasteiger partial charge in [-0.2, -0.15) is 0 Å². The molecular weight excluding hydrogens is 452 g/mol. The van der Waals surface area contributed by atoms with Gasteiger partial charge < -0.3 is 24.3 Å². The maximum absolute atomic E-state index is 12.8. The number of ether oxygens (including phenoxy) is 4. The van der Waals surface area contributed by atoms with Crippen LogP contribution in [0.1, 0.15) is 15.9 Å². The lowest BCUT2D eigenvalue weighted by Gasteiger charge is -2.15. The predicted molar refractivity (Wildman–Crippen MR) is 124 cm³/mol. The van der Waals surface area contributed by atoms with Crippen molar-refractivity contribution in [3.05, 3.63) is 52.4 Å². The van der Waals surface area contributed by atoms with Crippen LogP contribution in [0.5, 0.6) is 23.0 Å². The molecule has 1 N–H and O–H groups in total. The standard InChI is InChI=1S/C22H20N2O6S2/c1-27-15-6-4-14(11-17(15)28-2)20(25)23-7-8-24-21(26)19(32-22(24)31)10-13-3-5-16-18(9-13)30-12-29-16/h3-6,9-11H,7-8,12H2,1-2H3,(H,23,25)/b19-10+. The summed E-state index contributed by atoms with van der Waals surface area (Å²) in [6, 6.07) is 10.4. The number of nitrogens with one attached hydrogen (secondary N) is 1. The van der Waals surface area contributed by atoms with Crippen LogP contribution in [0.25, 0.3) is 6.08 Å². The number of carbonyl (C=O) groups is 2.